The molecule has 1 heterocycles. The Morgan fingerprint density at radius 2 is 1.59 bits per heavy atom. The normalized spacial score (nSPS) is 26.5. The number of methoxy groups -OCH3 is 3. The quantitative estimate of drug-likeness (QED) is 0.0310. The summed E-state index contributed by atoms with van der Waals surface area (Å²) in [6.07, 6.45) is 16.7. The molecule has 14 heteroatoms. The van der Waals surface area contributed by atoms with Gasteiger partial charge in [0, 0.05) is 32.0 Å². The highest BCUT2D eigenvalue weighted by Crippen LogP contribution is 2.59. The van der Waals surface area contributed by atoms with E-state index < -0.39 is 77.6 Å². The first kappa shape index (κ1) is 54.2. The summed E-state index contributed by atoms with van der Waals surface area (Å²) in [7, 11) is -1.49. The number of benzene rings is 1. The molecule has 1 aromatic carbocycles. The summed E-state index contributed by atoms with van der Waals surface area (Å²) in [6.45, 7) is 14.3. The van der Waals surface area contributed by atoms with E-state index in [4.69, 9.17) is 37.0 Å². The number of aliphatic hydroxyl groups is 1. The highest BCUT2D eigenvalue weighted by molar-refractivity contribution is 7.86. The number of allylic oxidation sites excluding steroid dienone is 5. The monoisotopic (exact) mass is 932 g/mol. The van der Waals surface area contributed by atoms with Crippen molar-refractivity contribution >= 4 is 18.4 Å². The average Bonchev–Trinajstić information content (AvgIpc) is 3.34. The van der Waals surface area contributed by atoms with Crippen LogP contribution in [0.4, 0.5) is 0 Å². The van der Waals surface area contributed by atoms with Gasteiger partial charge in [0.15, 0.2) is 19.9 Å². The minimum atomic E-state index is -4.08. The molecule has 1 saturated carbocycles. The number of hydrogen-bond donors (Lipinski definition) is 1. The Balaban J connectivity index is 2.08. The fourth-order valence-electron chi connectivity index (χ4n) is 10.4. The summed E-state index contributed by atoms with van der Waals surface area (Å²) in [5.41, 5.74) is -1.13. The van der Waals surface area contributed by atoms with Crippen LogP contribution in [0.25, 0.3) is 0 Å². The van der Waals surface area contributed by atoms with Crippen molar-refractivity contribution in [1.29, 1.82) is 5.26 Å². The lowest BCUT2D eigenvalue weighted by molar-refractivity contribution is -0.282. The van der Waals surface area contributed by atoms with Gasteiger partial charge in [-0.25, -0.2) is 0 Å². The van der Waals surface area contributed by atoms with Crippen molar-refractivity contribution in [2.24, 2.45) is 29.1 Å². The third kappa shape index (κ3) is 13.2. The topological polar surface area (TPSA) is 152 Å². The molecule has 4 rings (SSSR count). The summed E-state index contributed by atoms with van der Waals surface area (Å²) in [5, 5.41) is 25.0. The maximum absolute atomic E-state index is 13.7. The lowest BCUT2D eigenvalue weighted by Gasteiger charge is -2.53. The van der Waals surface area contributed by atoms with Crippen LogP contribution in [-0.4, -0.2) is 98.6 Å². The second kappa shape index (κ2) is 24.0. The maximum atomic E-state index is 13.7. The zero-order chi connectivity index (χ0) is 47.2. The SMILES string of the molecule is C/C=C/CCCCC[C@@H]1C=C2[C@H](OCc3ccc(OC)cc3)[C@@H]([C@H]1C[C@@H](O[Si](CC)(CC)CC)C(CC/C=C/C)(OC)OC)[C@@](O)(COS(C)(=O)=O)[C@H](C#N)CC21COC(C)(C)OC1. The fraction of sp³-hybridized carbons (Fsp3) is 0.740. The zero-order valence-corrected chi connectivity index (χ0v) is 42.7. The van der Waals surface area contributed by atoms with Crippen molar-refractivity contribution in [3.8, 4) is 11.8 Å². The molecular weight excluding hydrogens is 851 g/mol. The van der Waals surface area contributed by atoms with Crippen LogP contribution in [0.3, 0.4) is 0 Å². The van der Waals surface area contributed by atoms with Gasteiger partial charge in [-0.15, -0.1) is 0 Å². The summed E-state index contributed by atoms with van der Waals surface area (Å²) >= 11 is 0. The Hall–Kier alpha value is -2.42. The third-order valence-corrected chi connectivity index (χ3v) is 19.8. The summed E-state index contributed by atoms with van der Waals surface area (Å²) in [6, 6.07) is 12.8. The first-order valence-electron chi connectivity index (χ1n) is 23.6. The smallest absolute Gasteiger partial charge is 0.264 e. The second-order valence-corrected chi connectivity index (χ2v) is 25.1. The van der Waals surface area contributed by atoms with Gasteiger partial charge in [0.25, 0.3) is 10.1 Å². The highest BCUT2D eigenvalue weighted by Gasteiger charge is 2.64. The molecule has 0 amide bonds. The van der Waals surface area contributed by atoms with Gasteiger partial charge in [-0.3, -0.25) is 4.18 Å². The molecule has 0 radical (unpaired) electrons. The Kier molecular flexibility index (Phi) is 20.4. The van der Waals surface area contributed by atoms with Crippen molar-refractivity contribution in [2.45, 2.75) is 160 Å². The molecule has 0 aromatic heterocycles. The Morgan fingerprint density at radius 3 is 2.14 bits per heavy atom. The third-order valence-electron chi connectivity index (χ3n) is 14.6. The first-order valence-corrected chi connectivity index (χ1v) is 28.0. The molecule has 2 aliphatic carbocycles. The molecular formula is C50H81NO11SSi. The first-order chi connectivity index (χ1) is 30.4. The number of nitriles is 1. The molecule has 1 N–H and O–H groups in total. The lowest BCUT2D eigenvalue weighted by atomic mass is 9.59. The molecule has 1 aliphatic heterocycles. The summed E-state index contributed by atoms with van der Waals surface area (Å²) in [4.78, 5) is 0. The summed E-state index contributed by atoms with van der Waals surface area (Å²) < 4.78 is 77.8. The number of ether oxygens (including phenoxy) is 6. The van der Waals surface area contributed by atoms with E-state index in [0.29, 0.717) is 25.0 Å². The maximum Gasteiger partial charge on any atom is 0.264 e. The molecule has 1 spiro atoms. The Morgan fingerprint density at radius 1 is 0.969 bits per heavy atom. The van der Waals surface area contributed by atoms with Crippen molar-refractivity contribution in [1.82, 2.24) is 0 Å². The fourth-order valence-corrected chi connectivity index (χ4v) is 13.7. The van der Waals surface area contributed by atoms with Gasteiger partial charge in [0.2, 0.25) is 0 Å². The molecule has 12 nitrogen and oxygen atoms in total. The molecule has 3 aliphatic rings. The van der Waals surface area contributed by atoms with Crippen LogP contribution in [0.5, 0.6) is 5.75 Å². The van der Waals surface area contributed by atoms with Gasteiger partial charge < -0.3 is 38.0 Å². The number of fused-ring (bicyclic) bond motifs is 3. The van der Waals surface area contributed by atoms with Crippen LogP contribution in [0.15, 0.2) is 60.2 Å². The van der Waals surface area contributed by atoms with E-state index >= 15 is 0 Å². The lowest BCUT2D eigenvalue weighted by Crippen LogP contribution is -2.60. The van der Waals surface area contributed by atoms with Crippen LogP contribution >= 0.6 is 0 Å². The van der Waals surface area contributed by atoms with Gasteiger partial charge in [-0.05, 0) is 119 Å². The van der Waals surface area contributed by atoms with E-state index in [1.807, 2.05) is 58.0 Å². The Labute approximate surface area is 387 Å². The minimum absolute atomic E-state index is 0.137. The van der Waals surface area contributed by atoms with Crippen molar-refractivity contribution < 1.29 is 50.6 Å². The van der Waals surface area contributed by atoms with Crippen LogP contribution in [-0.2, 0) is 49.0 Å². The number of unbranched alkanes of at least 4 members (excludes halogenated alkanes) is 3. The van der Waals surface area contributed by atoms with Crippen LogP contribution in [0, 0.1) is 40.4 Å². The van der Waals surface area contributed by atoms with Gasteiger partial charge in [-0.1, -0.05) is 76.1 Å². The van der Waals surface area contributed by atoms with Gasteiger partial charge in [0.05, 0.1) is 64.0 Å². The van der Waals surface area contributed by atoms with E-state index in [0.717, 1.165) is 67.6 Å². The standard InChI is InChI=1S/C50H81NO11SSi/c1-12-17-19-20-21-22-24-39-30-43-46(58-34-38-25-27-41(55-8)28-26-38)45(42(39)31-44(62-64(14-3,15-4)16-5)50(56-9,57-10)29-23-18-13-2)49(52,37-61-63(11,53)54)40(33-51)32-48(43)35-59-47(6,7)60-36-48/h12-13,17-18,25-28,30,39-40,42,44-46,52H,14-16,19-24,29,31-32,34-37H2,1-11H3/b17-12+,18-13+/t39-,40+,42+,44-,45-,46+,49-/m1/s1. The van der Waals surface area contributed by atoms with E-state index in [1.54, 1.807) is 21.3 Å². The second-order valence-electron chi connectivity index (χ2n) is 18.8. The van der Waals surface area contributed by atoms with Crippen molar-refractivity contribution in [3.05, 3.63) is 65.8 Å². The van der Waals surface area contributed by atoms with E-state index in [-0.39, 0.29) is 32.2 Å². The highest BCUT2D eigenvalue weighted by atomic mass is 32.2. The van der Waals surface area contributed by atoms with Crippen LogP contribution in [0.1, 0.15) is 112 Å². The minimum Gasteiger partial charge on any atom is -0.497 e. The summed E-state index contributed by atoms with van der Waals surface area (Å²) in [5.74, 6) is -3.88. The van der Waals surface area contributed by atoms with Gasteiger partial charge >= 0.3 is 0 Å². The number of rotatable bonds is 26. The number of hydrogen-bond acceptors (Lipinski definition) is 12. The van der Waals surface area contributed by atoms with E-state index in [2.05, 4.69) is 51.1 Å². The van der Waals surface area contributed by atoms with Crippen molar-refractivity contribution in [3.63, 3.8) is 0 Å². The van der Waals surface area contributed by atoms with Crippen molar-refractivity contribution in [2.75, 3.05) is 47.4 Å². The molecule has 7 atom stereocenters. The predicted molar refractivity (Wildman–Crippen MR) is 253 cm³/mol. The molecule has 1 saturated heterocycles. The molecule has 0 unspecified atom stereocenters. The molecule has 2 fully saturated rings. The zero-order valence-electron chi connectivity index (χ0n) is 40.9. The van der Waals surface area contributed by atoms with E-state index in [9.17, 15) is 18.8 Å². The van der Waals surface area contributed by atoms with Gasteiger partial charge in [-0.2, -0.15) is 13.7 Å². The predicted octanol–water partition coefficient (Wildman–Crippen LogP) is 10.0. The Bertz CT molecular complexity index is 1820. The molecule has 2 bridgehead atoms. The van der Waals surface area contributed by atoms with E-state index in [1.165, 1.54) is 0 Å². The van der Waals surface area contributed by atoms with Crippen LogP contribution < -0.4 is 4.74 Å². The molecule has 362 valence electrons. The van der Waals surface area contributed by atoms with Gasteiger partial charge in [0.1, 0.15) is 11.4 Å². The number of nitrogens with zero attached hydrogens (tertiary/aromatic N) is 1. The molecule has 64 heavy (non-hydrogen) atoms. The van der Waals surface area contributed by atoms with Crippen LogP contribution in [0.2, 0.25) is 18.1 Å². The molecule has 1 aromatic rings. The largest absolute Gasteiger partial charge is 0.497 e. The average molecular weight is 932 g/mol.